The van der Waals surface area contributed by atoms with Gasteiger partial charge in [-0.1, -0.05) is 38.1 Å². The summed E-state index contributed by atoms with van der Waals surface area (Å²) >= 11 is 1.75. The van der Waals surface area contributed by atoms with Crippen molar-refractivity contribution in [1.29, 1.82) is 0 Å². The molecule has 52 heavy (non-hydrogen) atoms. The summed E-state index contributed by atoms with van der Waals surface area (Å²) in [5.41, 5.74) is 6.92. The highest BCUT2D eigenvalue weighted by Crippen LogP contribution is 2.29. The van der Waals surface area contributed by atoms with E-state index in [1.54, 1.807) is 23.0 Å². The van der Waals surface area contributed by atoms with Crippen LogP contribution in [-0.4, -0.2) is 96.4 Å². The summed E-state index contributed by atoms with van der Waals surface area (Å²) in [7, 11) is 4.72. The normalized spacial score (nSPS) is 15.4. The maximum absolute atomic E-state index is 10.3. The van der Waals surface area contributed by atoms with E-state index < -0.39 is 12.2 Å². The molecule has 2 amide bonds. The van der Waals surface area contributed by atoms with Crippen LogP contribution in [0.5, 0.6) is 0 Å². The van der Waals surface area contributed by atoms with Gasteiger partial charge in [0.2, 0.25) is 0 Å². The number of nitrogens with one attached hydrogen (secondary N) is 5. The number of H-pyrrole nitrogens is 2. The number of aromatic nitrogens is 4. The van der Waals surface area contributed by atoms with Crippen molar-refractivity contribution in [3.63, 3.8) is 0 Å². The number of nitrogens with zero attached hydrogens (tertiary/aromatic N) is 3. The third kappa shape index (κ3) is 14.9. The van der Waals surface area contributed by atoms with E-state index in [4.69, 9.17) is 9.97 Å². The molecule has 284 valence electrons. The topological polar surface area (TPSA) is 176 Å². The fraction of sp³-hybridized carbons (Fsp3) is 0.486. The molecule has 1 saturated carbocycles. The summed E-state index contributed by atoms with van der Waals surface area (Å²) in [6, 6.07) is 14.3. The number of carbonyl (C=O) groups is 3. The van der Waals surface area contributed by atoms with Crippen LogP contribution in [0.25, 0.3) is 22.1 Å². The average Bonchev–Trinajstić information content (AvgIpc) is 3.50. The fourth-order valence-corrected chi connectivity index (χ4v) is 5.29. The zero-order valence-corrected chi connectivity index (χ0v) is 33.1. The minimum absolute atomic E-state index is 0.00662. The van der Waals surface area contributed by atoms with Crippen molar-refractivity contribution in [1.82, 2.24) is 40.8 Å². The van der Waals surface area contributed by atoms with Gasteiger partial charge in [0.1, 0.15) is 40.9 Å². The number of aldehydes is 1. The molecule has 5 rings (SSSR count). The Labute approximate surface area is 319 Å². The van der Waals surface area contributed by atoms with Gasteiger partial charge in [-0.05, 0) is 81.0 Å². The number of amides is 2. The van der Waals surface area contributed by atoms with Crippen molar-refractivity contribution in [2.45, 2.75) is 71.6 Å². The Morgan fingerprint density at radius 2 is 1.54 bits per heavy atom. The van der Waals surface area contributed by atoms with Gasteiger partial charge in [0.05, 0.1) is 62.5 Å². The molecule has 5 N–H and O–H groups in total. The lowest BCUT2D eigenvalue weighted by molar-refractivity contribution is -0.107. The van der Waals surface area contributed by atoms with Crippen LogP contribution < -0.4 is 16.0 Å². The number of halogens is 1. The Balaban J connectivity index is 0.000000356. The third-order valence-electron chi connectivity index (χ3n) is 8.60. The van der Waals surface area contributed by atoms with E-state index in [0.29, 0.717) is 31.5 Å². The summed E-state index contributed by atoms with van der Waals surface area (Å²) in [6.07, 6.45) is 8.35. The second-order valence-electron chi connectivity index (χ2n) is 12.6. The van der Waals surface area contributed by atoms with Crippen LogP contribution >= 0.6 is 23.0 Å². The zero-order valence-electron chi connectivity index (χ0n) is 31.0. The third-order valence-corrected chi connectivity index (χ3v) is 9.04. The number of hydrogen-bond donors (Lipinski definition) is 5. The predicted molar refractivity (Wildman–Crippen MR) is 211 cm³/mol. The molecule has 0 spiro atoms. The van der Waals surface area contributed by atoms with Gasteiger partial charge in [-0.15, -0.1) is 0 Å². The molecule has 0 radical (unpaired) electrons. The summed E-state index contributed by atoms with van der Waals surface area (Å²) < 4.78 is 13.1. The smallest absolute Gasteiger partial charge is 0.407 e. The Hall–Kier alpha value is -4.06. The van der Waals surface area contributed by atoms with Crippen LogP contribution in [0.4, 0.5) is 9.59 Å². The van der Waals surface area contributed by atoms with E-state index in [-0.39, 0.29) is 6.54 Å². The highest BCUT2D eigenvalue weighted by Gasteiger charge is 2.31. The molecule has 2 aromatic heterocycles. The Bertz CT molecular complexity index is 1730. The van der Waals surface area contributed by atoms with Gasteiger partial charge in [-0.25, -0.2) is 19.6 Å². The average molecular weight is 833 g/mol. The van der Waals surface area contributed by atoms with E-state index in [0.717, 1.165) is 72.0 Å². The largest absolute Gasteiger partial charge is 0.453 e. The highest BCUT2D eigenvalue weighted by molar-refractivity contribution is 14.1. The number of hydrogen-bond acceptors (Lipinski definition) is 10. The Morgan fingerprint density at radius 3 is 2.06 bits per heavy atom. The molecule has 4 aromatic rings. The predicted octanol–water partition coefficient (Wildman–Crippen LogP) is 5.76. The molecular weight excluding hydrogens is 779 g/mol. The van der Waals surface area contributed by atoms with Gasteiger partial charge in [-0.3, -0.25) is 4.90 Å². The van der Waals surface area contributed by atoms with Gasteiger partial charge in [0.25, 0.3) is 0 Å². The number of carbonyl (C=O) groups excluding carboxylic acids is 3. The van der Waals surface area contributed by atoms with Crippen LogP contribution in [0.1, 0.15) is 56.4 Å². The molecule has 1 aliphatic carbocycles. The summed E-state index contributed by atoms with van der Waals surface area (Å²) in [6.45, 7) is 9.41. The second kappa shape index (κ2) is 22.8. The minimum Gasteiger partial charge on any atom is -0.453 e. The van der Waals surface area contributed by atoms with Gasteiger partial charge in [0, 0.05) is 18.6 Å². The van der Waals surface area contributed by atoms with Crippen molar-refractivity contribution in [3.05, 3.63) is 71.3 Å². The second-order valence-corrected chi connectivity index (χ2v) is 13.2. The van der Waals surface area contributed by atoms with E-state index in [9.17, 15) is 14.4 Å². The molecular formula is C37H53IN8O6. The SMILES string of the molecule is CCC(C)N(C)Cc1nc2ccc(C/C=C/Cc3ccc4nc(CNC5CC5C)[nH]c4c3)cc2[nH]1.COC(=O)NCC=O.COC(=O)NCCOI. The first-order chi connectivity index (χ1) is 25.1. The van der Waals surface area contributed by atoms with Gasteiger partial charge in [0.15, 0.2) is 0 Å². The highest BCUT2D eigenvalue weighted by atomic mass is 127. The molecule has 3 atom stereocenters. The number of imidazole rings is 2. The lowest BCUT2D eigenvalue weighted by atomic mass is 10.1. The molecule has 2 aromatic carbocycles. The molecule has 14 nitrogen and oxygen atoms in total. The maximum Gasteiger partial charge on any atom is 0.407 e. The van der Waals surface area contributed by atoms with Gasteiger partial charge >= 0.3 is 12.2 Å². The van der Waals surface area contributed by atoms with Gasteiger partial charge < -0.3 is 43.3 Å². The van der Waals surface area contributed by atoms with Crippen LogP contribution in [0.2, 0.25) is 0 Å². The van der Waals surface area contributed by atoms with Crippen molar-refractivity contribution < 1.29 is 26.9 Å². The molecule has 0 saturated heterocycles. The quantitative estimate of drug-likeness (QED) is 0.0404. The molecule has 1 aliphatic rings. The summed E-state index contributed by atoms with van der Waals surface area (Å²) in [4.78, 5) is 48.8. The summed E-state index contributed by atoms with van der Waals surface area (Å²) in [5, 5.41) is 8.16. The molecule has 0 aliphatic heterocycles. The maximum atomic E-state index is 10.3. The summed E-state index contributed by atoms with van der Waals surface area (Å²) in [5.74, 6) is 2.86. The first-order valence-electron chi connectivity index (χ1n) is 17.4. The van der Waals surface area contributed by atoms with Crippen molar-refractivity contribution in [3.8, 4) is 0 Å². The Morgan fingerprint density at radius 1 is 0.981 bits per heavy atom. The van der Waals surface area contributed by atoms with E-state index in [1.807, 2.05) is 0 Å². The molecule has 0 bridgehead atoms. The first-order valence-corrected chi connectivity index (χ1v) is 18.3. The molecule has 2 heterocycles. The van der Waals surface area contributed by atoms with Crippen LogP contribution in [-0.2, 0) is 43.3 Å². The standard InChI is InChI=1S/C29H38N6.C4H8INO3.C4H7NO3/c1-5-20(3)35(4)18-29-32-24-13-11-22(16-27(24)34-29)9-7-6-8-21-10-12-23-26(15-21)33-28(31-23)17-30-25-14-19(25)2;1-8-4(7)6-2-3-9-5;1-8-4(7)5-2-3-6/h6-7,10-13,15-16,19-20,25,30H,5,8-9,14,17-18H2,1-4H3,(H,31,33)(H,32,34);2-3H2,1H3,(H,6,7);3H,2H2,1H3,(H,5,7)/b7-6+;;. The lowest BCUT2D eigenvalue weighted by Gasteiger charge is -2.21. The van der Waals surface area contributed by atoms with Gasteiger partial charge in [-0.2, -0.15) is 0 Å². The van der Waals surface area contributed by atoms with Crippen LogP contribution in [0.15, 0.2) is 48.6 Å². The van der Waals surface area contributed by atoms with E-state index >= 15 is 0 Å². The van der Waals surface area contributed by atoms with Crippen LogP contribution in [0.3, 0.4) is 0 Å². The lowest BCUT2D eigenvalue weighted by Crippen LogP contribution is -2.28. The van der Waals surface area contributed by atoms with Crippen LogP contribution in [0, 0.1) is 5.92 Å². The molecule has 1 fully saturated rings. The monoisotopic (exact) mass is 832 g/mol. The molecule has 3 unspecified atom stereocenters. The van der Waals surface area contributed by atoms with E-state index in [2.05, 4.69) is 120 Å². The number of fused-ring (bicyclic) bond motifs is 2. The number of allylic oxidation sites excluding steroid dienone is 2. The number of benzene rings is 2. The number of alkyl carbamates (subject to hydrolysis) is 2. The number of methoxy groups -OCH3 is 2. The minimum atomic E-state index is -0.586. The Kier molecular flexibility index (Phi) is 18.6. The number of ether oxygens (including phenoxy) is 2. The number of aromatic amines is 2. The van der Waals surface area contributed by atoms with E-state index in [1.165, 1.54) is 31.8 Å². The zero-order chi connectivity index (χ0) is 37.9. The number of rotatable bonds is 16. The fourth-order valence-electron chi connectivity index (χ4n) is 5.07. The van der Waals surface area contributed by atoms with Crippen molar-refractivity contribution >= 4 is 63.5 Å². The molecule has 15 heteroatoms. The van der Waals surface area contributed by atoms with Crippen molar-refractivity contribution in [2.24, 2.45) is 5.92 Å². The first kappa shape index (κ1) is 42.4. The van der Waals surface area contributed by atoms with Crippen molar-refractivity contribution in [2.75, 3.05) is 41.0 Å².